The van der Waals surface area contributed by atoms with Crippen molar-refractivity contribution in [1.82, 2.24) is 4.90 Å². The van der Waals surface area contributed by atoms with Gasteiger partial charge in [0.2, 0.25) is 0 Å². The molecule has 1 saturated heterocycles. The van der Waals surface area contributed by atoms with Gasteiger partial charge in [0.1, 0.15) is 5.75 Å². The van der Waals surface area contributed by atoms with Crippen LogP contribution in [-0.2, 0) is 11.3 Å². The summed E-state index contributed by atoms with van der Waals surface area (Å²) in [6.07, 6.45) is 5.88. The number of likely N-dealkylation sites (tertiary alicyclic amines) is 1. The lowest BCUT2D eigenvalue weighted by Crippen LogP contribution is -2.31. The fourth-order valence-electron chi connectivity index (χ4n) is 3.54. The van der Waals surface area contributed by atoms with Crippen molar-refractivity contribution >= 4 is 5.97 Å². The summed E-state index contributed by atoms with van der Waals surface area (Å²) in [6, 6.07) is 8.18. The number of hydrogen-bond acceptors (Lipinski definition) is 3. The molecule has 0 bridgehead atoms. The second-order valence-corrected chi connectivity index (χ2v) is 6.96. The number of carbonyl (C=O) groups is 1. The van der Waals surface area contributed by atoms with Crippen LogP contribution in [0.25, 0.3) is 0 Å². The number of rotatable bonds is 5. The molecule has 4 heteroatoms. The van der Waals surface area contributed by atoms with Gasteiger partial charge < -0.3 is 9.84 Å². The maximum absolute atomic E-state index is 11.4. The molecular formula is C18H25NO3. The van der Waals surface area contributed by atoms with Gasteiger partial charge in [0.15, 0.2) is 0 Å². The van der Waals surface area contributed by atoms with Crippen LogP contribution in [-0.4, -0.2) is 35.2 Å². The summed E-state index contributed by atoms with van der Waals surface area (Å²) in [4.78, 5) is 13.6. The number of aliphatic carboxylic acids is 1. The average Bonchev–Trinajstić information content (AvgIpc) is 3.12. The minimum Gasteiger partial charge on any atom is -0.490 e. The maximum Gasteiger partial charge on any atom is 0.310 e. The van der Waals surface area contributed by atoms with Crippen molar-refractivity contribution < 1.29 is 14.6 Å². The third-order valence-electron chi connectivity index (χ3n) is 5.03. The summed E-state index contributed by atoms with van der Waals surface area (Å²) in [5.41, 5.74) is 0.561. The van der Waals surface area contributed by atoms with E-state index >= 15 is 0 Å². The molecule has 4 nitrogen and oxygen atoms in total. The Morgan fingerprint density at radius 3 is 2.77 bits per heavy atom. The van der Waals surface area contributed by atoms with E-state index in [-0.39, 0.29) is 0 Å². The lowest BCUT2D eigenvalue weighted by atomic mass is 9.90. The Balaban J connectivity index is 1.66. The normalized spacial score (nSPS) is 26.4. The van der Waals surface area contributed by atoms with Crippen LogP contribution >= 0.6 is 0 Å². The van der Waals surface area contributed by atoms with Gasteiger partial charge >= 0.3 is 5.97 Å². The van der Waals surface area contributed by atoms with Gasteiger partial charge in [-0.3, -0.25) is 9.69 Å². The zero-order chi connectivity index (χ0) is 15.6. The fraction of sp³-hybridized carbons (Fsp3) is 0.611. The quantitative estimate of drug-likeness (QED) is 0.906. The highest BCUT2D eigenvalue weighted by atomic mass is 16.5. The van der Waals surface area contributed by atoms with Crippen molar-refractivity contribution in [2.24, 2.45) is 5.41 Å². The molecule has 0 spiro atoms. The third-order valence-corrected chi connectivity index (χ3v) is 5.03. The highest BCUT2D eigenvalue weighted by Gasteiger charge is 2.40. The number of nitrogens with zero attached hydrogens (tertiary/aromatic N) is 1. The van der Waals surface area contributed by atoms with Crippen molar-refractivity contribution in [3.63, 3.8) is 0 Å². The van der Waals surface area contributed by atoms with Crippen molar-refractivity contribution in [2.75, 3.05) is 13.1 Å². The Morgan fingerprint density at radius 2 is 2.09 bits per heavy atom. The highest BCUT2D eigenvalue weighted by Crippen LogP contribution is 2.33. The summed E-state index contributed by atoms with van der Waals surface area (Å²) >= 11 is 0. The Morgan fingerprint density at radius 1 is 1.36 bits per heavy atom. The van der Waals surface area contributed by atoms with Crippen LogP contribution in [0.15, 0.2) is 24.3 Å². The summed E-state index contributed by atoms with van der Waals surface area (Å²) in [5.74, 6) is 0.281. The summed E-state index contributed by atoms with van der Waals surface area (Å²) in [5, 5.41) is 9.35. The second kappa shape index (κ2) is 6.29. The first-order chi connectivity index (χ1) is 10.6. The molecule has 1 unspecified atom stereocenters. The molecule has 2 fully saturated rings. The van der Waals surface area contributed by atoms with Crippen LogP contribution in [0.5, 0.6) is 5.75 Å². The van der Waals surface area contributed by atoms with Crippen LogP contribution in [0, 0.1) is 5.41 Å². The number of carboxylic acid groups (broad SMARTS) is 1. The van der Waals surface area contributed by atoms with Crippen molar-refractivity contribution in [3.8, 4) is 5.75 Å². The van der Waals surface area contributed by atoms with E-state index < -0.39 is 11.4 Å². The first-order valence-corrected chi connectivity index (χ1v) is 8.27. The minimum atomic E-state index is -0.689. The number of hydrogen-bond donors (Lipinski definition) is 1. The Kier molecular flexibility index (Phi) is 4.39. The van der Waals surface area contributed by atoms with E-state index in [0.29, 0.717) is 19.1 Å². The van der Waals surface area contributed by atoms with Gasteiger partial charge in [0.05, 0.1) is 11.5 Å². The van der Waals surface area contributed by atoms with E-state index in [1.165, 1.54) is 18.4 Å². The molecule has 0 radical (unpaired) electrons. The predicted octanol–water partition coefficient (Wildman–Crippen LogP) is 3.30. The van der Waals surface area contributed by atoms with Crippen LogP contribution in [0.2, 0.25) is 0 Å². The minimum absolute atomic E-state index is 0.351. The topological polar surface area (TPSA) is 49.8 Å². The van der Waals surface area contributed by atoms with Crippen LogP contribution in [0.1, 0.15) is 44.6 Å². The van der Waals surface area contributed by atoms with E-state index in [2.05, 4.69) is 11.0 Å². The number of ether oxygens (including phenoxy) is 1. The smallest absolute Gasteiger partial charge is 0.310 e. The Bertz CT molecular complexity index is 539. The fourth-order valence-corrected chi connectivity index (χ4v) is 3.54. The lowest BCUT2D eigenvalue weighted by Gasteiger charge is -2.22. The van der Waals surface area contributed by atoms with E-state index in [9.17, 15) is 9.90 Å². The molecule has 1 aromatic rings. The van der Waals surface area contributed by atoms with E-state index in [4.69, 9.17) is 4.74 Å². The van der Waals surface area contributed by atoms with Crippen LogP contribution in [0.3, 0.4) is 0 Å². The third kappa shape index (κ3) is 3.27. The van der Waals surface area contributed by atoms with E-state index in [1.54, 1.807) is 0 Å². The number of benzene rings is 1. The van der Waals surface area contributed by atoms with Gasteiger partial charge in [-0.2, -0.15) is 0 Å². The molecule has 120 valence electrons. The van der Waals surface area contributed by atoms with E-state index in [0.717, 1.165) is 31.7 Å². The molecular weight excluding hydrogens is 278 g/mol. The van der Waals surface area contributed by atoms with E-state index in [1.807, 2.05) is 25.1 Å². The van der Waals surface area contributed by atoms with Gasteiger partial charge in [-0.1, -0.05) is 18.2 Å². The van der Waals surface area contributed by atoms with Gasteiger partial charge in [-0.05, 0) is 51.6 Å². The summed E-state index contributed by atoms with van der Waals surface area (Å²) in [7, 11) is 0. The molecule has 1 aliphatic carbocycles. The Labute approximate surface area is 132 Å². The zero-order valence-electron chi connectivity index (χ0n) is 13.3. The largest absolute Gasteiger partial charge is 0.490 e. The summed E-state index contributed by atoms with van der Waals surface area (Å²) in [6.45, 7) is 4.06. The Hall–Kier alpha value is -1.55. The van der Waals surface area contributed by atoms with Crippen molar-refractivity contribution in [2.45, 2.75) is 51.7 Å². The SMILES string of the molecule is CC1(C(=O)O)CCN(Cc2ccccc2OC2CCCC2)C1. The standard InChI is InChI=1S/C18H25NO3/c1-18(17(20)21)10-11-19(13-18)12-14-6-2-5-9-16(14)22-15-7-3-4-8-15/h2,5-6,9,15H,3-4,7-8,10-13H2,1H3,(H,20,21). The molecule has 22 heavy (non-hydrogen) atoms. The second-order valence-electron chi connectivity index (χ2n) is 6.96. The average molecular weight is 303 g/mol. The number of para-hydroxylation sites is 1. The molecule has 0 aromatic heterocycles. The van der Waals surface area contributed by atoms with Gasteiger partial charge in [0, 0.05) is 18.7 Å². The van der Waals surface area contributed by atoms with Gasteiger partial charge in [-0.25, -0.2) is 0 Å². The molecule has 0 amide bonds. The first-order valence-electron chi connectivity index (χ1n) is 8.27. The first kappa shape index (κ1) is 15.3. The maximum atomic E-state index is 11.4. The highest BCUT2D eigenvalue weighted by molar-refractivity contribution is 5.74. The number of carboxylic acids is 1. The lowest BCUT2D eigenvalue weighted by molar-refractivity contribution is -0.147. The molecule has 1 aromatic carbocycles. The van der Waals surface area contributed by atoms with Gasteiger partial charge in [0.25, 0.3) is 0 Å². The van der Waals surface area contributed by atoms with Gasteiger partial charge in [-0.15, -0.1) is 0 Å². The van der Waals surface area contributed by atoms with Crippen molar-refractivity contribution in [3.05, 3.63) is 29.8 Å². The van der Waals surface area contributed by atoms with Crippen molar-refractivity contribution in [1.29, 1.82) is 0 Å². The molecule has 1 saturated carbocycles. The van der Waals surface area contributed by atoms with Crippen LogP contribution < -0.4 is 4.74 Å². The monoisotopic (exact) mass is 303 g/mol. The molecule has 1 aliphatic heterocycles. The molecule has 1 atom stereocenters. The predicted molar refractivity (Wildman–Crippen MR) is 85.0 cm³/mol. The molecule has 3 rings (SSSR count). The molecule has 1 heterocycles. The summed E-state index contributed by atoms with van der Waals surface area (Å²) < 4.78 is 6.17. The molecule has 1 N–H and O–H groups in total. The van der Waals surface area contributed by atoms with Crippen LogP contribution in [0.4, 0.5) is 0 Å². The molecule has 2 aliphatic rings. The zero-order valence-corrected chi connectivity index (χ0v) is 13.3.